The van der Waals surface area contributed by atoms with E-state index in [1.165, 1.54) is 6.08 Å². The van der Waals surface area contributed by atoms with E-state index < -0.39 is 23.3 Å². The number of nitriles is 2. The Hall–Kier alpha value is -3.70. The van der Waals surface area contributed by atoms with Gasteiger partial charge in [0.2, 0.25) is 0 Å². The maximum Gasteiger partial charge on any atom is 0.262 e. The molecule has 2 aromatic rings. The van der Waals surface area contributed by atoms with Crippen LogP contribution in [0.4, 0.5) is 0 Å². The number of fused-ring (bicyclic) bond motifs is 1. The number of aryl methyl sites for hydroxylation is 1. The van der Waals surface area contributed by atoms with Crippen LogP contribution in [0.5, 0.6) is 0 Å². The number of imide groups is 1. The molecule has 0 saturated carbocycles. The zero-order chi connectivity index (χ0) is 19.6. The minimum atomic E-state index is -1.63. The molecule has 0 aliphatic carbocycles. The molecular weight excluding hydrogens is 338 g/mol. The second-order valence-corrected chi connectivity index (χ2v) is 6.53. The molecule has 132 valence electrons. The Bertz CT molecular complexity index is 960. The fraction of sp³-hybridized carbons (Fsp3) is 0.182. The van der Waals surface area contributed by atoms with Crippen molar-refractivity contribution in [3.63, 3.8) is 0 Å². The summed E-state index contributed by atoms with van der Waals surface area (Å²) in [7, 11) is 0. The molecule has 2 amide bonds. The summed E-state index contributed by atoms with van der Waals surface area (Å²) in [4.78, 5) is 27.1. The van der Waals surface area contributed by atoms with Gasteiger partial charge in [0, 0.05) is 0 Å². The van der Waals surface area contributed by atoms with Crippen LogP contribution in [-0.2, 0) is 0 Å². The van der Waals surface area contributed by atoms with Crippen LogP contribution in [0, 0.1) is 35.0 Å². The third kappa shape index (κ3) is 2.80. The number of hydrogen-bond acceptors (Lipinski definition) is 4. The summed E-state index contributed by atoms with van der Waals surface area (Å²) in [5, 5.41) is 19.7. The Balaban J connectivity index is 2.23. The first-order valence-corrected chi connectivity index (χ1v) is 8.46. The first-order valence-electron chi connectivity index (χ1n) is 8.46. The van der Waals surface area contributed by atoms with Gasteiger partial charge >= 0.3 is 0 Å². The zero-order valence-corrected chi connectivity index (χ0v) is 14.8. The molecular formula is C22H17N3O2. The minimum Gasteiger partial charge on any atom is -0.269 e. The summed E-state index contributed by atoms with van der Waals surface area (Å²) >= 11 is 0. The molecule has 1 aliphatic heterocycles. The molecule has 0 saturated heterocycles. The van der Waals surface area contributed by atoms with Crippen molar-refractivity contribution in [2.45, 2.75) is 19.4 Å². The van der Waals surface area contributed by atoms with E-state index >= 15 is 0 Å². The number of hydrogen-bond donors (Lipinski definition) is 0. The zero-order valence-electron chi connectivity index (χ0n) is 14.8. The fourth-order valence-corrected chi connectivity index (χ4v) is 3.42. The molecule has 27 heavy (non-hydrogen) atoms. The molecule has 0 bridgehead atoms. The Kier molecular flexibility index (Phi) is 4.62. The molecule has 1 aliphatic rings. The van der Waals surface area contributed by atoms with E-state index in [1.54, 1.807) is 36.4 Å². The average molecular weight is 355 g/mol. The van der Waals surface area contributed by atoms with Crippen molar-refractivity contribution >= 4 is 11.8 Å². The number of carbonyl (C=O) groups excluding carboxylic acids is 2. The van der Waals surface area contributed by atoms with E-state index in [1.807, 2.05) is 31.2 Å². The summed E-state index contributed by atoms with van der Waals surface area (Å²) in [6.07, 6.45) is 1.48. The second-order valence-electron chi connectivity index (χ2n) is 6.53. The Morgan fingerprint density at radius 3 is 2.00 bits per heavy atom. The SMILES string of the molecule is C=CCC(C#N)(C#N)C(c1ccc(C)cc1)N1C(=O)c2ccccc2C1=O. The largest absolute Gasteiger partial charge is 0.269 e. The lowest BCUT2D eigenvalue weighted by Gasteiger charge is -2.35. The van der Waals surface area contributed by atoms with Crippen molar-refractivity contribution in [3.8, 4) is 12.1 Å². The van der Waals surface area contributed by atoms with Crippen LogP contribution < -0.4 is 0 Å². The summed E-state index contributed by atoms with van der Waals surface area (Å²) in [5.74, 6) is -1.000. The van der Waals surface area contributed by atoms with Crippen LogP contribution in [0.1, 0.15) is 44.3 Å². The number of allylic oxidation sites excluding steroid dienone is 1. The maximum absolute atomic E-state index is 13.0. The third-order valence-electron chi connectivity index (χ3n) is 4.81. The van der Waals surface area contributed by atoms with E-state index in [4.69, 9.17) is 0 Å². The van der Waals surface area contributed by atoms with Crippen molar-refractivity contribution < 1.29 is 9.59 Å². The van der Waals surface area contributed by atoms with E-state index in [0.29, 0.717) is 5.56 Å². The minimum absolute atomic E-state index is 0.0198. The number of amides is 2. The first kappa shape index (κ1) is 18.1. The predicted octanol–water partition coefficient (Wildman–Crippen LogP) is 3.94. The van der Waals surface area contributed by atoms with Crippen LogP contribution in [0.15, 0.2) is 61.2 Å². The highest BCUT2D eigenvalue weighted by atomic mass is 16.2. The molecule has 3 rings (SSSR count). The number of benzene rings is 2. The van der Waals surface area contributed by atoms with Gasteiger partial charge in [0.1, 0.15) is 0 Å². The smallest absolute Gasteiger partial charge is 0.262 e. The molecule has 1 heterocycles. The first-order chi connectivity index (χ1) is 13.0. The lowest BCUT2D eigenvalue weighted by molar-refractivity contribution is 0.0508. The summed E-state index contributed by atoms with van der Waals surface area (Å²) in [6, 6.07) is 16.7. The van der Waals surface area contributed by atoms with Gasteiger partial charge in [-0.05, 0) is 31.0 Å². The Morgan fingerprint density at radius 1 is 1.04 bits per heavy atom. The lowest BCUT2D eigenvalue weighted by atomic mass is 9.75. The van der Waals surface area contributed by atoms with Crippen molar-refractivity contribution in [1.82, 2.24) is 4.90 Å². The van der Waals surface area contributed by atoms with Crippen LogP contribution in [0.3, 0.4) is 0 Å². The van der Waals surface area contributed by atoms with E-state index in [9.17, 15) is 20.1 Å². The van der Waals surface area contributed by atoms with Crippen molar-refractivity contribution in [1.29, 1.82) is 10.5 Å². The van der Waals surface area contributed by atoms with Crippen molar-refractivity contribution in [2.75, 3.05) is 0 Å². The summed E-state index contributed by atoms with van der Waals surface area (Å²) in [6.45, 7) is 5.55. The van der Waals surface area contributed by atoms with Gasteiger partial charge < -0.3 is 0 Å². The molecule has 0 fully saturated rings. The molecule has 1 atom stereocenters. The van der Waals surface area contributed by atoms with E-state index in [-0.39, 0.29) is 17.5 Å². The Labute approximate surface area is 157 Å². The van der Waals surface area contributed by atoms with Gasteiger partial charge in [0.05, 0.1) is 29.3 Å². The van der Waals surface area contributed by atoms with Crippen LogP contribution in [-0.4, -0.2) is 16.7 Å². The van der Waals surface area contributed by atoms with Crippen LogP contribution >= 0.6 is 0 Å². The Morgan fingerprint density at radius 2 is 1.56 bits per heavy atom. The summed E-state index contributed by atoms with van der Waals surface area (Å²) < 4.78 is 0. The van der Waals surface area contributed by atoms with Gasteiger partial charge in [-0.15, -0.1) is 6.58 Å². The number of rotatable bonds is 5. The standard InChI is InChI=1S/C22H17N3O2/c1-3-12-22(13-23,14-24)19(16-10-8-15(2)9-11-16)25-20(26)17-6-4-5-7-18(17)21(25)27/h3-11,19H,1,12H2,2H3. The highest BCUT2D eigenvalue weighted by Crippen LogP contribution is 2.44. The highest BCUT2D eigenvalue weighted by molar-refractivity contribution is 6.21. The fourth-order valence-electron chi connectivity index (χ4n) is 3.42. The molecule has 0 aromatic heterocycles. The molecule has 5 nitrogen and oxygen atoms in total. The second kappa shape index (κ2) is 6.90. The average Bonchev–Trinajstić information content (AvgIpc) is 2.94. The molecule has 0 spiro atoms. The normalized spacial score (nSPS) is 14.3. The number of nitrogens with zero attached hydrogens (tertiary/aromatic N) is 3. The third-order valence-corrected chi connectivity index (χ3v) is 4.81. The quantitative estimate of drug-likeness (QED) is 0.600. The van der Waals surface area contributed by atoms with E-state index in [2.05, 4.69) is 6.58 Å². The van der Waals surface area contributed by atoms with Crippen molar-refractivity contribution in [2.24, 2.45) is 5.41 Å². The molecule has 1 unspecified atom stereocenters. The van der Waals surface area contributed by atoms with Crippen molar-refractivity contribution in [3.05, 3.63) is 83.4 Å². The maximum atomic E-state index is 13.0. The van der Waals surface area contributed by atoms with Gasteiger partial charge in [-0.2, -0.15) is 10.5 Å². The van der Waals surface area contributed by atoms with Gasteiger partial charge in [0.15, 0.2) is 5.41 Å². The van der Waals surface area contributed by atoms with E-state index in [0.717, 1.165) is 10.5 Å². The topological polar surface area (TPSA) is 85.0 Å². The van der Waals surface area contributed by atoms with Gasteiger partial charge in [0.25, 0.3) is 11.8 Å². The molecule has 2 aromatic carbocycles. The van der Waals surface area contributed by atoms with Crippen LogP contribution in [0.25, 0.3) is 0 Å². The summed E-state index contributed by atoms with van der Waals surface area (Å²) in [5.41, 5.74) is 0.471. The predicted molar refractivity (Wildman–Crippen MR) is 99.3 cm³/mol. The monoisotopic (exact) mass is 355 g/mol. The van der Waals surface area contributed by atoms with Gasteiger partial charge in [-0.25, -0.2) is 0 Å². The lowest BCUT2D eigenvalue weighted by Crippen LogP contribution is -2.43. The molecule has 0 N–H and O–H groups in total. The molecule has 5 heteroatoms. The molecule has 0 radical (unpaired) electrons. The van der Waals surface area contributed by atoms with Gasteiger partial charge in [-0.1, -0.05) is 48.0 Å². The van der Waals surface area contributed by atoms with Gasteiger partial charge in [-0.3, -0.25) is 14.5 Å². The van der Waals surface area contributed by atoms with Crippen LogP contribution in [0.2, 0.25) is 0 Å². The number of carbonyl (C=O) groups is 2. The highest BCUT2D eigenvalue weighted by Gasteiger charge is 2.50.